The van der Waals surface area contributed by atoms with E-state index >= 15 is 0 Å². The number of hydroxylamine groups is 1. The lowest BCUT2D eigenvalue weighted by Crippen LogP contribution is -2.42. The van der Waals surface area contributed by atoms with Crippen LogP contribution in [0.4, 0.5) is 32.0 Å². The van der Waals surface area contributed by atoms with Gasteiger partial charge in [0.25, 0.3) is 0 Å². The summed E-state index contributed by atoms with van der Waals surface area (Å²) in [4.78, 5) is 2.90. The first-order valence-electron chi connectivity index (χ1n) is 3.88. The summed E-state index contributed by atoms with van der Waals surface area (Å²) in [5.41, 5.74) is -0.757. The number of hydrogen-bond acceptors (Lipinski definition) is 2. The van der Waals surface area contributed by atoms with Gasteiger partial charge in [-0.2, -0.15) is 9.90 Å². The van der Waals surface area contributed by atoms with Gasteiger partial charge in [0.2, 0.25) is 0 Å². The SMILES string of the molecule is FC(F)(F)ON(c1ccccc1)C(F)(F)F. The van der Waals surface area contributed by atoms with Gasteiger partial charge in [0.1, 0.15) is 0 Å². The molecular formula is C8H5F6NO. The van der Waals surface area contributed by atoms with E-state index in [2.05, 4.69) is 4.84 Å². The second-order valence-corrected chi connectivity index (χ2v) is 2.63. The zero-order valence-corrected chi connectivity index (χ0v) is 7.51. The summed E-state index contributed by atoms with van der Waals surface area (Å²) in [5.74, 6) is 0. The zero-order chi connectivity index (χ0) is 12.4. The van der Waals surface area contributed by atoms with Crippen molar-refractivity contribution in [2.45, 2.75) is 12.7 Å². The fraction of sp³-hybridized carbons (Fsp3) is 0.250. The third-order valence-corrected chi connectivity index (χ3v) is 1.42. The second kappa shape index (κ2) is 4.20. The molecule has 0 aliphatic rings. The highest BCUT2D eigenvalue weighted by Gasteiger charge is 2.46. The summed E-state index contributed by atoms with van der Waals surface area (Å²) in [5, 5.41) is -1.15. The van der Waals surface area contributed by atoms with Crippen molar-refractivity contribution in [3.05, 3.63) is 30.3 Å². The number of para-hydroxylation sites is 1. The first-order chi connectivity index (χ1) is 7.20. The van der Waals surface area contributed by atoms with Crippen LogP contribution >= 0.6 is 0 Å². The van der Waals surface area contributed by atoms with E-state index in [4.69, 9.17) is 0 Å². The van der Waals surface area contributed by atoms with Crippen LogP contribution in [0.3, 0.4) is 0 Å². The molecule has 0 aromatic heterocycles. The fourth-order valence-corrected chi connectivity index (χ4v) is 0.918. The maximum atomic E-state index is 12.2. The average molecular weight is 245 g/mol. The van der Waals surface area contributed by atoms with Crippen LogP contribution in [-0.2, 0) is 4.84 Å². The Morgan fingerprint density at radius 3 is 1.75 bits per heavy atom. The summed E-state index contributed by atoms with van der Waals surface area (Å²) >= 11 is 0. The molecule has 0 heterocycles. The molecule has 0 amide bonds. The molecule has 0 aliphatic heterocycles. The molecule has 0 saturated carbocycles. The molecule has 0 spiro atoms. The lowest BCUT2D eigenvalue weighted by atomic mass is 10.3. The quantitative estimate of drug-likeness (QED) is 0.449. The topological polar surface area (TPSA) is 12.5 Å². The number of halogens is 6. The van der Waals surface area contributed by atoms with Gasteiger partial charge < -0.3 is 0 Å². The Bertz CT molecular complexity index is 333. The van der Waals surface area contributed by atoms with E-state index in [9.17, 15) is 26.3 Å². The number of benzene rings is 1. The van der Waals surface area contributed by atoms with Crippen LogP contribution in [0, 0.1) is 0 Å². The van der Waals surface area contributed by atoms with Gasteiger partial charge in [-0.15, -0.1) is 26.3 Å². The molecule has 90 valence electrons. The van der Waals surface area contributed by atoms with Crippen molar-refractivity contribution in [2.24, 2.45) is 0 Å². The van der Waals surface area contributed by atoms with E-state index in [1.165, 1.54) is 6.07 Å². The maximum Gasteiger partial charge on any atom is 0.544 e. The Balaban J connectivity index is 2.98. The van der Waals surface area contributed by atoms with Crippen LogP contribution in [0.5, 0.6) is 0 Å². The zero-order valence-electron chi connectivity index (χ0n) is 7.51. The minimum absolute atomic E-state index is 0.757. The molecule has 8 heteroatoms. The van der Waals surface area contributed by atoms with Crippen molar-refractivity contribution in [1.82, 2.24) is 0 Å². The molecule has 0 radical (unpaired) electrons. The van der Waals surface area contributed by atoms with Crippen molar-refractivity contribution in [3.63, 3.8) is 0 Å². The molecule has 16 heavy (non-hydrogen) atoms. The molecule has 0 bridgehead atoms. The van der Waals surface area contributed by atoms with Crippen LogP contribution < -0.4 is 5.06 Å². The molecule has 0 N–H and O–H groups in total. The maximum absolute atomic E-state index is 12.2. The van der Waals surface area contributed by atoms with Gasteiger partial charge in [-0.25, -0.2) is 0 Å². The van der Waals surface area contributed by atoms with Crippen LogP contribution in [-0.4, -0.2) is 12.7 Å². The van der Waals surface area contributed by atoms with E-state index < -0.39 is 23.4 Å². The Morgan fingerprint density at radius 1 is 0.875 bits per heavy atom. The Kier molecular flexibility index (Phi) is 3.32. The van der Waals surface area contributed by atoms with E-state index in [0.717, 1.165) is 24.3 Å². The van der Waals surface area contributed by atoms with Gasteiger partial charge in [0.15, 0.2) is 0 Å². The second-order valence-electron chi connectivity index (χ2n) is 2.63. The normalized spacial score (nSPS) is 12.6. The number of alkyl halides is 6. The predicted molar refractivity (Wildman–Crippen MR) is 42.1 cm³/mol. The first kappa shape index (κ1) is 12.6. The summed E-state index contributed by atoms with van der Waals surface area (Å²) in [6, 6.07) is 5.38. The lowest BCUT2D eigenvalue weighted by Gasteiger charge is -2.26. The Morgan fingerprint density at radius 2 is 1.38 bits per heavy atom. The molecule has 1 rings (SSSR count). The van der Waals surface area contributed by atoms with E-state index in [1.807, 2.05) is 0 Å². The van der Waals surface area contributed by atoms with Crippen LogP contribution in [0.25, 0.3) is 0 Å². The number of nitrogens with zero attached hydrogens (tertiary/aromatic N) is 1. The van der Waals surface area contributed by atoms with Crippen LogP contribution in [0.1, 0.15) is 0 Å². The molecule has 0 atom stereocenters. The standard InChI is InChI=1S/C8H5F6NO/c9-7(10,11)15(16-8(12,13)14)6-4-2-1-3-5-6/h1-5H. The van der Waals surface area contributed by atoms with E-state index in [0.29, 0.717) is 0 Å². The van der Waals surface area contributed by atoms with Gasteiger partial charge >= 0.3 is 12.7 Å². The van der Waals surface area contributed by atoms with E-state index in [1.54, 1.807) is 0 Å². The molecule has 0 aliphatic carbocycles. The van der Waals surface area contributed by atoms with Crippen molar-refractivity contribution in [3.8, 4) is 0 Å². The summed E-state index contributed by atoms with van der Waals surface area (Å²) in [6.45, 7) is 0. The molecule has 0 fully saturated rings. The van der Waals surface area contributed by atoms with Gasteiger partial charge in [-0.3, -0.25) is 0 Å². The van der Waals surface area contributed by atoms with Crippen molar-refractivity contribution >= 4 is 5.69 Å². The molecule has 0 unspecified atom stereocenters. The summed E-state index contributed by atoms with van der Waals surface area (Å²) in [6.07, 6.45) is -10.7. The number of anilines is 1. The molecule has 1 aromatic rings. The predicted octanol–water partition coefficient (Wildman–Crippen LogP) is 3.46. The smallest absolute Gasteiger partial charge is 0.164 e. The van der Waals surface area contributed by atoms with Crippen LogP contribution in [0.2, 0.25) is 0 Å². The largest absolute Gasteiger partial charge is 0.544 e. The molecule has 2 nitrogen and oxygen atoms in total. The monoisotopic (exact) mass is 245 g/mol. The highest BCUT2D eigenvalue weighted by atomic mass is 19.4. The molecule has 0 saturated heterocycles. The average Bonchev–Trinajstić information content (AvgIpc) is 2.13. The Labute approximate surface area is 86.0 Å². The number of rotatable bonds is 2. The fourth-order valence-electron chi connectivity index (χ4n) is 0.918. The van der Waals surface area contributed by atoms with Gasteiger partial charge in [0.05, 0.1) is 5.69 Å². The molecule has 1 aromatic carbocycles. The van der Waals surface area contributed by atoms with Gasteiger partial charge in [0, 0.05) is 0 Å². The summed E-state index contributed by atoms with van der Waals surface area (Å²) in [7, 11) is 0. The van der Waals surface area contributed by atoms with Gasteiger partial charge in [-0.1, -0.05) is 18.2 Å². The van der Waals surface area contributed by atoms with Gasteiger partial charge in [-0.05, 0) is 12.1 Å². The third kappa shape index (κ3) is 3.61. The van der Waals surface area contributed by atoms with Crippen molar-refractivity contribution in [2.75, 3.05) is 5.06 Å². The first-order valence-corrected chi connectivity index (χ1v) is 3.88. The Hall–Kier alpha value is -1.44. The molecular weight excluding hydrogens is 240 g/mol. The van der Waals surface area contributed by atoms with Crippen molar-refractivity contribution in [1.29, 1.82) is 0 Å². The number of hydrogen-bond donors (Lipinski definition) is 0. The highest BCUT2D eigenvalue weighted by Crippen LogP contribution is 2.32. The van der Waals surface area contributed by atoms with E-state index in [-0.39, 0.29) is 0 Å². The van der Waals surface area contributed by atoms with Crippen molar-refractivity contribution < 1.29 is 31.2 Å². The summed E-state index contributed by atoms with van der Waals surface area (Å²) < 4.78 is 72.0. The minimum atomic E-state index is -5.41. The van der Waals surface area contributed by atoms with Crippen LogP contribution in [0.15, 0.2) is 30.3 Å². The minimum Gasteiger partial charge on any atom is -0.164 e. The third-order valence-electron chi connectivity index (χ3n) is 1.42. The lowest BCUT2D eigenvalue weighted by molar-refractivity contribution is -0.363. The highest BCUT2D eigenvalue weighted by molar-refractivity contribution is 5.44.